The molecule has 0 bridgehead atoms. The normalized spacial score (nSPS) is 20.0. The van der Waals surface area contributed by atoms with Gasteiger partial charge in [-0.3, -0.25) is 9.35 Å². The summed E-state index contributed by atoms with van der Waals surface area (Å²) in [4.78, 5) is 12.9. The summed E-state index contributed by atoms with van der Waals surface area (Å²) < 4.78 is 59.2. The Morgan fingerprint density at radius 3 is 1.52 bits per heavy atom. The quantitative estimate of drug-likeness (QED) is 0.0197. The van der Waals surface area contributed by atoms with Crippen molar-refractivity contribution in [3.8, 4) is 0 Å². The second-order valence-corrected chi connectivity index (χ2v) is 18.8. The van der Waals surface area contributed by atoms with Gasteiger partial charge in [-0.15, -0.1) is 0 Å². The molecule has 0 aliphatic carbocycles. The molecule has 13 heteroatoms. The lowest BCUT2D eigenvalue weighted by Crippen LogP contribution is -2.60. The van der Waals surface area contributed by atoms with Crippen LogP contribution in [0.1, 0.15) is 213 Å². The Hall–Kier alpha value is -1.94. The highest BCUT2D eigenvalue weighted by atomic mass is 32.3. The number of ether oxygens (including phenoxy) is 4. The third kappa shape index (κ3) is 36.7. The summed E-state index contributed by atoms with van der Waals surface area (Å²) in [7, 11) is -5.07. The number of unbranched alkanes of at least 4 members (excludes halogenated alkanes) is 24. The molecule has 4 N–H and O–H groups in total. The molecule has 1 saturated heterocycles. The summed E-state index contributed by atoms with van der Waals surface area (Å²) in [5.74, 6) is -0.437. The van der Waals surface area contributed by atoms with E-state index in [4.69, 9.17) is 18.9 Å². The molecule has 1 aliphatic heterocycles. The average molecular weight is 943 g/mol. The van der Waals surface area contributed by atoms with Crippen LogP contribution in [-0.4, -0.2) is 97.5 Å². The minimum absolute atomic E-state index is 0.0207. The van der Waals surface area contributed by atoms with Crippen molar-refractivity contribution in [3.05, 3.63) is 48.6 Å². The van der Waals surface area contributed by atoms with E-state index >= 15 is 0 Å². The fraction of sp³-hybridized carbons (Fsp3) is 0.827. The second kappa shape index (κ2) is 43.3. The third-order valence-electron chi connectivity index (χ3n) is 11.7. The predicted octanol–water partition coefficient (Wildman–Crippen LogP) is 11.9. The van der Waals surface area contributed by atoms with Crippen molar-refractivity contribution in [2.24, 2.45) is 0 Å². The van der Waals surface area contributed by atoms with Gasteiger partial charge in [0, 0.05) is 13.0 Å². The van der Waals surface area contributed by atoms with Gasteiger partial charge in [0.2, 0.25) is 0 Å². The molecule has 6 unspecified atom stereocenters. The first-order valence-corrected chi connectivity index (χ1v) is 27.3. The Labute approximate surface area is 396 Å². The van der Waals surface area contributed by atoms with Gasteiger partial charge in [0.15, 0.2) is 6.29 Å². The molecule has 380 valence electrons. The molecule has 0 aromatic carbocycles. The van der Waals surface area contributed by atoms with E-state index in [-0.39, 0.29) is 19.6 Å². The number of carbonyl (C=O) groups is 1. The zero-order valence-corrected chi connectivity index (χ0v) is 41.6. The highest BCUT2D eigenvalue weighted by Crippen LogP contribution is 2.26. The monoisotopic (exact) mass is 943 g/mol. The van der Waals surface area contributed by atoms with Crippen LogP contribution >= 0.6 is 0 Å². The number of aliphatic hydroxyl groups is 3. The van der Waals surface area contributed by atoms with E-state index in [1.54, 1.807) is 0 Å². The molecule has 1 heterocycles. The van der Waals surface area contributed by atoms with Crippen molar-refractivity contribution in [1.29, 1.82) is 0 Å². The first kappa shape index (κ1) is 61.1. The zero-order chi connectivity index (χ0) is 47.5. The molecule has 1 aliphatic rings. The molecule has 65 heavy (non-hydrogen) atoms. The van der Waals surface area contributed by atoms with E-state index in [0.29, 0.717) is 13.0 Å². The average Bonchev–Trinajstić information content (AvgIpc) is 3.28. The minimum Gasteiger partial charge on any atom is -0.457 e. The maximum atomic E-state index is 12.9. The van der Waals surface area contributed by atoms with Crippen LogP contribution in [0.4, 0.5) is 0 Å². The van der Waals surface area contributed by atoms with E-state index in [1.165, 1.54) is 128 Å². The van der Waals surface area contributed by atoms with Crippen LogP contribution in [-0.2, 0) is 38.3 Å². The number of esters is 1. The molecule has 0 aromatic rings. The van der Waals surface area contributed by atoms with Crippen molar-refractivity contribution < 1.29 is 56.2 Å². The van der Waals surface area contributed by atoms with Gasteiger partial charge in [-0.2, -0.15) is 8.42 Å². The van der Waals surface area contributed by atoms with Crippen molar-refractivity contribution in [3.63, 3.8) is 0 Å². The maximum Gasteiger partial charge on any atom is 0.397 e. The first-order chi connectivity index (χ1) is 31.6. The highest BCUT2D eigenvalue weighted by Gasteiger charge is 2.48. The predicted molar refractivity (Wildman–Crippen MR) is 262 cm³/mol. The van der Waals surface area contributed by atoms with E-state index in [9.17, 15) is 33.1 Å². The number of aliphatic hydroxyl groups excluding tert-OH is 3. The molecule has 12 nitrogen and oxygen atoms in total. The third-order valence-corrected chi connectivity index (χ3v) is 12.2. The smallest absolute Gasteiger partial charge is 0.397 e. The van der Waals surface area contributed by atoms with Gasteiger partial charge in [-0.25, -0.2) is 4.18 Å². The van der Waals surface area contributed by atoms with Crippen LogP contribution in [0, 0.1) is 0 Å². The lowest BCUT2D eigenvalue weighted by atomic mass is 9.99. The maximum absolute atomic E-state index is 12.9. The lowest BCUT2D eigenvalue weighted by molar-refractivity contribution is -0.301. The number of carbonyl (C=O) groups excluding carboxylic acids is 1. The molecular formula is C52H94O12S. The number of hydrogen-bond donors (Lipinski definition) is 4. The molecule has 6 atom stereocenters. The van der Waals surface area contributed by atoms with Gasteiger partial charge >= 0.3 is 16.4 Å². The minimum atomic E-state index is -5.07. The van der Waals surface area contributed by atoms with Gasteiger partial charge in [0.05, 0.1) is 19.8 Å². The summed E-state index contributed by atoms with van der Waals surface area (Å²) in [6.07, 6.45) is 44.5. The van der Waals surface area contributed by atoms with Crippen molar-refractivity contribution >= 4 is 16.4 Å². The van der Waals surface area contributed by atoms with Crippen LogP contribution in [0.3, 0.4) is 0 Å². The van der Waals surface area contributed by atoms with Crippen LogP contribution in [0.5, 0.6) is 0 Å². The van der Waals surface area contributed by atoms with Crippen LogP contribution in [0.2, 0.25) is 0 Å². The Balaban J connectivity index is 2.34. The van der Waals surface area contributed by atoms with E-state index in [1.807, 2.05) is 0 Å². The molecule has 0 aromatic heterocycles. The van der Waals surface area contributed by atoms with Gasteiger partial charge in [0.1, 0.15) is 30.5 Å². The zero-order valence-electron chi connectivity index (χ0n) is 40.8. The summed E-state index contributed by atoms with van der Waals surface area (Å²) in [6.45, 7) is 3.85. The van der Waals surface area contributed by atoms with E-state index in [0.717, 1.165) is 57.8 Å². The van der Waals surface area contributed by atoms with Gasteiger partial charge in [0.25, 0.3) is 0 Å². The largest absolute Gasteiger partial charge is 0.457 e. The molecule has 0 amide bonds. The number of rotatable bonds is 45. The second-order valence-electron chi connectivity index (χ2n) is 17.7. The Morgan fingerprint density at radius 2 is 1.06 bits per heavy atom. The molecule has 0 spiro atoms. The van der Waals surface area contributed by atoms with Crippen molar-refractivity contribution in [2.75, 3.05) is 26.4 Å². The highest BCUT2D eigenvalue weighted by molar-refractivity contribution is 7.80. The lowest BCUT2D eigenvalue weighted by Gasteiger charge is -2.41. The summed E-state index contributed by atoms with van der Waals surface area (Å²) in [5.41, 5.74) is 0. The standard InChI is InChI=1S/C52H94O12S/c1-3-5-7-9-11-13-15-17-19-20-21-22-23-24-25-26-28-30-32-34-36-38-40-42-60-44-46(45-61-52-50(56)51(64-65(57,58)59)49(55)47(43-53)63-52)62-48(54)41-39-37-35-33-31-29-27-18-16-14-12-10-8-6-4-2/h6,8,12,14,18,27,31,33,46-47,49-53,55-56H,3-5,7,9-11,13,15-17,19-26,28-30,32,34-45H2,1-2H3,(H,57,58,59)/b8-6-,14-12-,27-18-,33-31-. The van der Waals surface area contributed by atoms with Crippen molar-refractivity contribution in [1.82, 2.24) is 0 Å². The Bertz CT molecular complexity index is 1320. The Morgan fingerprint density at radius 1 is 0.600 bits per heavy atom. The fourth-order valence-corrected chi connectivity index (χ4v) is 8.35. The summed E-state index contributed by atoms with van der Waals surface area (Å²) >= 11 is 0. The summed E-state index contributed by atoms with van der Waals surface area (Å²) in [5, 5.41) is 30.7. The number of hydrogen-bond acceptors (Lipinski definition) is 11. The topological polar surface area (TPSA) is 178 Å². The number of allylic oxidation sites excluding steroid dienone is 8. The van der Waals surface area contributed by atoms with Gasteiger partial charge < -0.3 is 34.3 Å². The van der Waals surface area contributed by atoms with Gasteiger partial charge in [-0.1, -0.05) is 204 Å². The van der Waals surface area contributed by atoms with Gasteiger partial charge in [-0.05, 0) is 51.4 Å². The van der Waals surface area contributed by atoms with Crippen LogP contribution in [0.25, 0.3) is 0 Å². The van der Waals surface area contributed by atoms with Crippen molar-refractivity contribution in [2.45, 2.75) is 250 Å². The van der Waals surface area contributed by atoms with E-state index in [2.05, 4.69) is 66.6 Å². The Kier molecular flexibility index (Phi) is 40.7. The fourth-order valence-electron chi connectivity index (χ4n) is 7.84. The molecule has 0 radical (unpaired) electrons. The molecule has 1 fully saturated rings. The first-order valence-electron chi connectivity index (χ1n) is 25.9. The van der Waals surface area contributed by atoms with E-state index < -0.39 is 59.8 Å². The molecule has 1 rings (SSSR count). The van der Waals surface area contributed by atoms with Crippen LogP contribution < -0.4 is 0 Å². The van der Waals surface area contributed by atoms with Crippen LogP contribution in [0.15, 0.2) is 48.6 Å². The molecule has 0 saturated carbocycles. The molecular weight excluding hydrogens is 849 g/mol. The summed E-state index contributed by atoms with van der Waals surface area (Å²) in [6, 6.07) is 0. The SMILES string of the molecule is CC/C=C\C/C=C\C/C=C\C/C=C\CCCCC(=O)OC(COCCCCCCCCCCCCCCCCCCCCCCCCC)COC1OC(CO)C(O)C(OS(=O)(=O)O)C1O.